The van der Waals surface area contributed by atoms with Crippen molar-refractivity contribution in [1.82, 2.24) is 4.90 Å². The molecule has 1 atom stereocenters. The van der Waals surface area contributed by atoms with Crippen molar-refractivity contribution in [1.29, 1.82) is 0 Å². The van der Waals surface area contributed by atoms with Gasteiger partial charge in [-0.2, -0.15) is 0 Å². The van der Waals surface area contributed by atoms with Crippen LogP contribution in [-0.2, 0) is 14.3 Å². The molecule has 2 aromatic rings. The van der Waals surface area contributed by atoms with E-state index < -0.39 is 29.3 Å². The summed E-state index contributed by atoms with van der Waals surface area (Å²) in [6.45, 7) is 7.86. The lowest BCUT2D eigenvalue weighted by Crippen LogP contribution is -3.14. The molecule has 0 aliphatic carbocycles. The second-order valence-corrected chi connectivity index (χ2v) is 8.26. The van der Waals surface area contributed by atoms with Crippen LogP contribution in [0.1, 0.15) is 17.2 Å². The number of carbonyl (C=O) groups excluding carboxylic acids is 2. The molecule has 1 unspecified atom stereocenters. The topological polar surface area (TPSA) is 83.3 Å². The zero-order valence-electron chi connectivity index (χ0n) is 18.8. The van der Waals surface area contributed by atoms with Gasteiger partial charge in [0, 0.05) is 5.57 Å². The number of nitrogens with one attached hydrogen (secondary N) is 1. The summed E-state index contributed by atoms with van der Waals surface area (Å²) < 4.78 is 24.3. The Morgan fingerprint density at radius 2 is 1.82 bits per heavy atom. The van der Waals surface area contributed by atoms with Crippen LogP contribution in [0.2, 0.25) is 0 Å². The molecular weight excluding hydrogens is 439 g/mol. The number of ketones is 1. The van der Waals surface area contributed by atoms with Gasteiger partial charge in [-0.05, 0) is 35.4 Å². The van der Waals surface area contributed by atoms with E-state index in [0.29, 0.717) is 44.2 Å². The van der Waals surface area contributed by atoms with Crippen LogP contribution in [0.15, 0.2) is 66.8 Å². The van der Waals surface area contributed by atoms with Gasteiger partial charge in [-0.1, -0.05) is 42.7 Å². The molecule has 4 rings (SSSR count). The number of morpholine rings is 1. The maximum atomic E-state index is 13.4. The Kier molecular flexibility index (Phi) is 7.40. The number of amides is 1. The Bertz CT molecular complexity index is 1080. The highest BCUT2D eigenvalue weighted by molar-refractivity contribution is 6.46. The number of quaternary nitrogens is 1. The van der Waals surface area contributed by atoms with Gasteiger partial charge in [0.05, 0.1) is 32.3 Å². The first-order valence-electron chi connectivity index (χ1n) is 11.3. The van der Waals surface area contributed by atoms with Crippen molar-refractivity contribution in [3.8, 4) is 5.75 Å². The summed E-state index contributed by atoms with van der Waals surface area (Å²) in [6, 6.07) is 11.1. The van der Waals surface area contributed by atoms with Crippen molar-refractivity contribution in [2.45, 2.75) is 6.04 Å². The molecule has 1 N–H and O–H groups in total. The minimum Gasteiger partial charge on any atom is -0.872 e. The van der Waals surface area contributed by atoms with Crippen molar-refractivity contribution < 1.29 is 33.5 Å². The summed E-state index contributed by atoms with van der Waals surface area (Å²) in [5.74, 6) is -1.97. The Hall–Kier alpha value is -3.49. The van der Waals surface area contributed by atoms with Gasteiger partial charge in [0.1, 0.15) is 31.3 Å². The zero-order valence-corrected chi connectivity index (χ0v) is 18.8. The quantitative estimate of drug-likeness (QED) is 0.266. The van der Waals surface area contributed by atoms with Crippen molar-refractivity contribution in [3.63, 3.8) is 0 Å². The molecule has 34 heavy (non-hydrogen) atoms. The van der Waals surface area contributed by atoms with Crippen molar-refractivity contribution in [2.75, 3.05) is 46.0 Å². The number of halogens is 1. The van der Waals surface area contributed by atoms with Gasteiger partial charge in [0.2, 0.25) is 5.78 Å². The highest BCUT2D eigenvalue weighted by Crippen LogP contribution is 2.38. The Morgan fingerprint density at radius 3 is 2.47 bits per heavy atom. The Morgan fingerprint density at radius 1 is 1.15 bits per heavy atom. The minimum absolute atomic E-state index is 0.117. The number of nitrogens with zero attached hydrogens (tertiary/aromatic N) is 1. The summed E-state index contributed by atoms with van der Waals surface area (Å²) in [6.07, 6.45) is 1.63. The second-order valence-electron chi connectivity index (χ2n) is 8.26. The largest absolute Gasteiger partial charge is 0.872 e. The molecule has 2 aromatic carbocycles. The first kappa shape index (κ1) is 23.7. The summed E-state index contributed by atoms with van der Waals surface area (Å²) in [7, 11) is 0. The molecule has 2 saturated heterocycles. The molecule has 0 radical (unpaired) electrons. The van der Waals surface area contributed by atoms with E-state index in [1.165, 1.54) is 21.9 Å². The molecule has 2 fully saturated rings. The van der Waals surface area contributed by atoms with E-state index in [9.17, 15) is 19.1 Å². The Labute approximate surface area is 197 Å². The molecule has 0 aromatic heterocycles. The van der Waals surface area contributed by atoms with E-state index in [-0.39, 0.29) is 11.1 Å². The van der Waals surface area contributed by atoms with E-state index in [4.69, 9.17) is 9.47 Å². The molecule has 0 bridgehead atoms. The van der Waals surface area contributed by atoms with Crippen molar-refractivity contribution >= 4 is 17.4 Å². The standard InChI is InChI=1S/C26H27FN2O5/c1-2-15-34-21-9-5-18(6-10-21)23-22(24(30)19-3-7-20(27)8-4-19)25(31)26(32)29(23)12-11-28-13-16-33-17-14-28/h2-10,23,30H,1,11-17H2. The highest BCUT2D eigenvalue weighted by Gasteiger charge is 2.44. The van der Waals surface area contributed by atoms with E-state index in [2.05, 4.69) is 6.58 Å². The molecule has 0 spiro atoms. The monoisotopic (exact) mass is 466 g/mol. The Balaban J connectivity index is 1.70. The molecule has 1 amide bonds. The number of carbonyl (C=O) groups is 2. The summed E-state index contributed by atoms with van der Waals surface area (Å²) >= 11 is 0. The fourth-order valence-corrected chi connectivity index (χ4v) is 4.29. The maximum absolute atomic E-state index is 13.4. The first-order valence-corrected chi connectivity index (χ1v) is 11.3. The number of ether oxygens (including phenoxy) is 2. The van der Waals surface area contributed by atoms with Crippen molar-refractivity contribution in [3.05, 3.63) is 83.7 Å². The number of likely N-dealkylation sites (tertiary alicyclic amines) is 1. The van der Waals surface area contributed by atoms with Crippen LogP contribution in [0, 0.1) is 5.82 Å². The van der Waals surface area contributed by atoms with Gasteiger partial charge >= 0.3 is 0 Å². The molecule has 2 aliphatic rings. The maximum Gasteiger partial charge on any atom is 0.295 e. The second kappa shape index (κ2) is 10.6. The van der Waals surface area contributed by atoms with Gasteiger partial charge in [-0.3, -0.25) is 9.59 Å². The predicted molar refractivity (Wildman–Crippen MR) is 121 cm³/mol. The number of benzene rings is 2. The number of hydrogen-bond donors (Lipinski definition) is 1. The van der Waals surface area contributed by atoms with Crippen LogP contribution in [0.3, 0.4) is 0 Å². The zero-order chi connectivity index (χ0) is 24.1. The molecule has 2 heterocycles. The lowest BCUT2D eigenvalue weighted by Gasteiger charge is -2.30. The van der Waals surface area contributed by atoms with E-state index in [0.717, 1.165) is 25.2 Å². The third-order valence-electron chi connectivity index (χ3n) is 6.11. The van der Waals surface area contributed by atoms with Crippen LogP contribution in [0.4, 0.5) is 4.39 Å². The van der Waals surface area contributed by atoms with Gasteiger partial charge in [-0.15, -0.1) is 0 Å². The van der Waals surface area contributed by atoms with Gasteiger partial charge in [0.15, 0.2) is 0 Å². The summed E-state index contributed by atoms with van der Waals surface area (Å²) in [5.41, 5.74) is 0.676. The van der Waals surface area contributed by atoms with Crippen LogP contribution >= 0.6 is 0 Å². The fraction of sp³-hybridized carbons (Fsp3) is 0.308. The van der Waals surface area contributed by atoms with Crippen LogP contribution < -0.4 is 14.7 Å². The predicted octanol–water partition coefficient (Wildman–Crippen LogP) is 0.530. The van der Waals surface area contributed by atoms with Crippen LogP contribution in [-0.4, -0.2) is 62.6 Å². The minimum atomic E-state index is -0.827. The van der Waals surface area contributed by atoms with E-state index in [1.54, 1.807) is 30.3 Å². The number of Topliss-reactive ketones (excluding diaryl/α,β-unsaturated/α-hetero) is 1. The van der Waals surface area contributed by atoms with E-state index >= 15 is 0 Å². The third-order valence-corrected chi connectivity index (χ3v) is 6.11. The van der Waals surface area contributed by atoms with Crippen LogP contribution in [0.5, 0.6) is 5.75 Å². The summed E-state index contributed by atoms with van der Waals surface area (Å²) in [4.78, 5) is 28.8. The van der Waals surface area contributed by atoms with Crippen molar-refractivity contribution in [2.24, 2.45) is 0 Å². The van der Waals surface area contributed by atoms with Gasteiger partial charge in [0.25, 0.3) is 5.91 Å². The van der Waals surface area contributed by atoms with E-state index in [1.807, 2.05) is 0 Å². The third kappa shape index (κ3) is 5.03. The average molecular weight is 467 g/mol. The normalized spacial score (nSPS) is 20.5. The lowest BCUT2D eigenvalue weighted by atomic mass is 9.95. The number of hydrogen-bond acceptors (Lipinski definition) is 5. The molecular formula is C26H27FN2O5. The lowest BCUT2D eigenvalue weighted by molar-refractivity contribution is -0.907. The molecule has 178 valence electrons. The first-order chi connectivity index (χ1) is 16.5. The SMILES string of the molecule is C=CCOc1ccc(C2C(=C([O-])c3ccc(F)cc3)C(=O)C(=O)N2CC[NH+]2CCOCC2)cc1. The highest BCUT2D eigenvalue weighted by atomic mass is 19.1. The smallest absolute Gasteiger partial charge is 0.295 e. The fourth-order valence-electron chi connectivity index (χ4n) is 4.29. The molecule has 2 aliphatic heterocycles. The van der Waals surface area contributed by atoms with Crippen LogP contribution in [0.25, 0.3) is 5.76 Å². The average Bonchev–Trinajstić information content (AvgIpc) is 3.12. The van der Waals surface area contributed by atoms with Gasteiger partial charge < -0.3 is 24.4 Å². The molecule has 7 nitrogen and oxygen atoms in total. The number of rotatable bonds is 8. The molecule has 8 heteroatoms. The van der Waals surface area contributed by atoms with Gasteiger partial charge in [-0.25, -0.2) is 4.39 Å². The summed E-state index contributed by atoms with van der Waals surface area (Å²) in [5, 5.41) is 13.3. The molecule has 0 saturated carbocycles.